The molecule has 1 fully saturated rings. The number of carbonyl (C=O) groups excluding carboxylic acids is 1. The average Bonchev–Trinajstić information content (AvgIpc) is 3.01. The lowest BCUT2D eigenvalue weighted by atomic mass is 10.1. The number of rotatable bonds is 4. The highest BCUT2D eigenvalue weighted by Gasteiger charge is 2.19. The molecule has 1 N–H and O–H groups in total. The summed E-state index contributed by atoms with van der Waals surface area (Å²) in [6.07, 6.45) is 4.72. The predicted molar refractivity (Wildman–Crippen MR) is 129 cm³/mol. The summed E-state index contributed by atoms with van der Waals surface area (Å²) in [5.74, 6) is 0.575. The summed E-state index contributed by atoms with van der Waals surface area (Å²) in [6.45, 7) is 5.48. The molecule has 168 valence electrons. The Bertz CT molecular complexity index is 1280. The van der Waals surface area contributed by atoms with Crippen LogP contribution in [-0.2, 0) is 0 Å². The molecule has 0 bridgehead atoms. The molecule has 1 aromatic carbocycles. The Hall–Kier alpha value is -3.78. The number of aromatic nitrogens is 4. The first-order chi connectivity index (χ1) is 16.1. The van der Waals surface area contributed by atoms with Crippen molar-refractivity contribution in [2.75, 3.05) is 38.5 Å². The standard InChI is InChI=1S/C25H27N7O/c1-18-23(32-15-4-3-6-22(32)27-18)21-11-12-26-25(29-21)28-20-9-7-19(8-10-20)24(33)31-14-5-13-30(2)16-17-31/h3-4,6-12,15H,5,13-14,16-17H2,1-2H3,(H,26,28,29). The number of benzene rings is 1. The Labute approximate surface area is 192 Å². The van der Waals surface area contributed by atoms with E-state index in [9.17, 15) is 4.79 Å². The Kier molecular flexibility index (Phi) is 5.75. The zero-order valence-electron chi connectivity index (χ0n) is 18.9. The molecule has 1 amide bonds. The molecule has 1 aliphatic heterocycles. The number of hydrogen-bond donors (Lipinski definition) is 1. The van der Waals surface area contributed by atoms with Gasteiger partial charge in [-0.25, -0.2) is 15.0 Å². The topological polar surface area (TPSA) is 78.7 Å². The third kappa shape index (κ3) is 4.42. The van der Waals surface area contributed by atoms with E-state index in [1.165, 1.54) is 0 Å². The maximum Gasteiger partial charge on any atom is 0.253 e. The van der Waals surface area contributed by atoms with Crippen LogP contribution < -0.4 is 5.32 Å². The van der Waals surface area contributed by atoms with Gasteiger partial charge >= 0.3 is 0 Å². The van der Waals surface area contributed by atoms with Crippen molar-refractivity contribution in [1.29, 1.82) is 0 Å². The van der Waals surface area contributed by atoms with Crippen molar-refractivity contribution in [2.24, 2.45) is 0 Å². The van der Waals surface area contributed by atoms with Crippen molar-refractivity contribution < 1.29 is 4.79 Å². The van der Waals surface area contributed by atoms with Gasteiger partial charge in [-0.05, 0) is 69.4 Å². The number of nitrogens with zero attached hydrogens (tertiary/aromatic N) is 6. The normalized spacial score (nSPS) is 14.9. The van der Waals surface area contributed by atoms with Crippen LogP contribution in [0.25, 0.3) is 17.0 Å². The van der Waals surface area contributed by atoms with Crippen LogP contribution in [0, 0.1) is 6.92 Å². The van der Waals surface area contributed by atoms with Gasteiger partial charge in [-0.3, -0.25) is 9.20 Å². The molecule has 1 saturated heterocycles. The molecular formula is C25H27N7O. The summed E-state index contributed by atoms with van der Waals surface area (Å²) in [6, 6.07) is 15.3. The molecule has 0 atom stereocenters. The molecule has 4 aromatic rings. The van der Waals surface area contributed by atoms with Crippen LogP contribution in [0.5, 0.6) is 0 Å². The van der Waals surface area contributed by atoms with Crippen LogP contribution in [0.3, 0.4) is 0 Å². The minimum Gasteiger partial charge on any atom is -0.337 e. The van der Waals surface area contributed by atoms with E-state index in [2.05, 4.69) is 27.2 Å². The van der Waals surface area contributed by atoms with Crippen molar-refractivity contribution in [3.63, 3.8) is 0 Å². The number of imidazole rings is 1. The number of nitrogens with one attached hydrogen (secondary N) is 1. The number of pyridine rings is 1. The van der Waals surface area contributed by atoms with Crippen LogP contribution >= 0.6 is 0 Å². The zero-order valence-corrected chi connectivity index (χ0v) is 18.9. The summed E-state index contributed by atoms with van der Waals surface area (Å²) in [5, 5.41) is 3.25. The van der Waals surface area contributed by atoms with Gasteiger partial charge in [0.25, 0.3) is 5.91 Å². The summed E-state index contributed by atoms with van der Waals surface area (Å²) < 4.78 is 2.03. The smallest absolute Gasteiger partial charge is 0.253 e. The van der Waals surface area contributed by atoms with Gasteiger partial charge in [0, 0.05) is 43.3 Å². The summed E-state index contributed by atoms with van der Waals surface area (Å²) in [5.41, 5.74) is 5.06. The van der Waals surface area contributed by atoms with Crippen molar-refractivity contribution in [3.8, 4) is 11.4 Å². The second-order valence-electron chi connectivity index (χ2n) is 8.39. The van der Waals surface area contributed by atoms with Gasteiger partial charge in [-0.15, -0.1) is 0 Å². The molecule has 3 aromatic heterocycles. The second kappa shape index (κ2) is 8.99. The number of likely N-dealkylation sites (N-methyl/N-ethyl adjacent to an activating group) is 1. The first kappa shape index (κ1) is 21.1. The molecule has 0 spiro atoms. The summed E-state index contributed by atoms with van der Waals surface area (Å²) in [7, 11) is 2.10. The van der Waals surface area contributed by atoms with Crippen LogP contribution in [0.4, 0.5) is 11.6 Å². The minimum atomic E-state index is 0.0817. The number of hydrogen-bond acceptors (Lipinski definition) is 6. The van der Waals surface area contributed by atoms with Gasteiger partial charge in [-0.2, -0.15) is 0 Å². The van der Waals surface area contributed by atoms with E-state index < -0.39 is 0 Å². The summed E-state index contributed by atoms with van der Waals surface area (Å²) >= 11 is 0. The van der Waals surface area contributed by atoms with E-state index in [0.29, 0.717) is 11.5 Å². The van der Waals surface area contributed by atoms with Gasteiger partial charge in [0.2, 0.25) is 5.95 Å². The Balaban J connectivity index is 1.33. The minimum absolute atomic E-state index is 0.0817. The third-order valence-corrected chi connectivity index (χ3v) is 6.00. The highest BCUT2D eigenvalue weighted by molar-refractivity contribution is 5.94. The number of anilines is 2. The molecule has 0 aliphatic carbocycles. The predicted octanol–water partition coefficient (Wildman–Crippen LogP) is 3.62. The molecule has 0 saturated carbocycles. The SMILES string of the molecule is Cc1nc2ccccn2c1-c1ccnc(Nc2ccc(C(=O)N3CCCN(C)CC3)cc2)n1. The lowest BCUT2D eigenvalue weighted by Gasteiger charge is -2.20. The van der Waals surface area contributed by atoms with E-state index >= 15 is 0 Å². The van der Waals surface area contributed by atoms with Crippen LogP contribution in [0.1, 0.15) is 22.5 Å². The van der Waals surface area contributed by atoms with Crippen LogP contribution in [-0.4, -0.2) is 68.3 Å². The lowest BCUT2D eigenvalue weighted by molar-refractivity contribution is 0.0763. The lowest BCUT2D eigenvalue weighted by Crippen LogP contribution is -2.34. The molecule has 0 unspecified atom stereocenters. The fourth-order valence-corrected chi connectivity index (χ4v) is 4.23. The Morgan fingerprint density at radius 1 is 0.970 bits per heavy atom. The first-order valence-electron chi connectivity index (χ1n) is 11.2. The third-order valence-electron chi connectivity index (χ3n) is 6.00. The van der Waals surface area contributed by atoms with Gasteiger partial charge in [0.15, 0.2) is 0 Å². The number of aryl methyl sites for hydroxylation is 1. The first-order valence-corrected chi connectivity index (χ1v) is 11.2. The largest absolute Gasteiger partial charge is 0.337 e. The maximum atomic E-state index is 12.9. The second-order valence-corrected chi connectivity index (χ2v) is 8.39. The van der Waals surface area contributed by atoms with Crippen LogP contribution in [0.15, 0.2) is 60.9 Å². The highest BCUT2D eigenvalue weighted by Crippen LogP contribution is 2.24. The molecule has 0 radical (unpaired) electrons. The van der Waals surface area contributed by atoms with E-state index in [1.807, 2.05) is 71.0 Å². The van der Waals surface area contributed by atoms with Crippen LogP contribution in [0.2, 0.25) is 0 Å². The number of amides is 1. The van der Waals surface area contributed by atoms with E-state index in [-0.39, 0.29) is 5.91 Å². The van der Waals surface area contributed by atoms with Gasteiger partial charge < -0.3 is 15.1 Å². The molecule has 1 aliphatic rings. The molecule has 8 nitrogen and oxygen atoms in total. The van der Waals surface area contributed by atoms with Crippen molar-refractivity contribution in [2.45, 2.75) is 13.3 Å². The monoisotopic (exact) mass is 441 g/mol. The van der Waals surface area contributed by atoms with Gasteiger partial charge in [0.1, 0.15) is 5.65 Å². The molecule has 5 rings (SSSR count). The average molecular weight is 442 g/mol. The van der Waals surface area contributed by atoms with Crippen molar-refractivity contribution >= 4 is 23.2 Å². The van der Waals surface area contributed by atoms with Gasteiger partial charge in [0.05, 0.1) is 17.1 Å². The van der Waals surface area contributed by atoms with E-state index in [1.54, 1.807) is 6.20 Å². The summed E-state index contributed by atoms with van der Waals surface area (Å²) in [4.78, 5) is 30.8. The van der Waals surface area contributed by atoms with Crippen molar-refractivity contribution in [3.05, 3.63) is 72.2 Å². The fourth-order valence-electron chi connectivity index (χ4n) is 4.23. The Morgan fingerprint density at radius 3 is 2.67 bits per heavy atom. The van der Waals surface area contributed by atoms with E-state index in [4.69, 9.17) is 4.98 Å². The molecule has 33 heavy (non-hydrogen) atoms. The van der Waals surface area contributed by atoms with E-state index in [0.717, 1.165) is 61.0 Å². The van der Waals surface area contributed by atoms with Crippen molar-refractivity contribution in [1.82, 2.24) is 29.2 Å². The maximum absolute atomic E-state index is 12.9. The number of carbonyl (C=O) groups is 1. The zero-order chi connectivity index (χ0) is 22.8. The van der Waals surface area contributed by atoms with Gasteiger partial charge in [-0.1, -0.05) is 6.07 Å². The molecular weight excluding hydrogens is 414 g/mol. The Morgan fingerprint density at radius 2 is 1.82 bits per heavy atom. The molecule has 8 heteroatoms. The quantitative estimate of drug-likeness (QED) is 0.521. The molecule has 4 heterocycles. The fraction of sp³-hybridized carbons (Fsp3) is 0.280. The highest BCUT2D eigenvalue weighted by atomic mass is 16.2. The number of fused-ring (bicyclic) bond motifs is 1.